The number of nitrogens with zero attached hydrogens (tertiary/aromatic N) is 2. The van der Waals surface area contributed by atoms with Crippen LogP contribution in [0.1, 0.15) is 10.5 Å². The maximum absolute atomic E-state index is 10.4. The molecule has 0 bridgehead atoms. The molecule has 0 aliphatic heterocycles. The van der Waals surface area contributed by atoms with Crippen LogP contribution in [-0.2, 0) is 0 Å². The topological polar surface area (TPSA) is 115 Å². The molecule has 1 aromatic heterocycles. The first-order valence-corrected chi connectivity index (χ1v) is 3.22. The van der Waals surface area contributed by atoms with Crippen LogP contribution in [0, 0.1) is 0 Å². The molecular formula is C5H5ClLiN4O2. The number of carbonyl (C=O) groups is 1. The molecule has 1 heterocycles. The molecular weight excluding hydrogens is 190 g/mol. The first kappa shape index (κ1) is 12.0. The van der Waals surface area contributed by atoms with E-state index in [-0.39, 0.29) is 35.6 Å². The summed E-state index contributed by atoms with van der Waals surface area (Å²) in [6.07, 6.45) is 0. The Morgan fingerprint density at radius 3 is 2.31 bits per heavy atom. The molecule has 0 aromatic carbocycles. The van der Waals surface area contributed by atoms with Crippen LogP contribution in [-0.4, -0.2) is 39.9 Å². The number of rotatable bonds is 1. The van der Waals surface area contributed by atoms with Crippen molar-refractivity contribution < 1.29 is 9.90 Å². The summed E-state index contributed by atoms with van der Waals surface area (Å²) in [7, 11) is 0. The predicted molar refractivity (Wildman–Crippen MR) is 48.6 cm³/mol. The van der Waals surface area contributed by atoms with Gasteiger partial charge in [0.1, 0.15) is 0 Å². The second kappa shape index (κ2) is 4.32. The third kappa shape index (κ3) is 2.49. The Hall–Kier alpha value is -0.963. The summed E-state index contributed by atoms with van der Waals surface area (Å²) in [5.74, 6) is -1.62. The van der Waals surface area contributed by atoms with Crippen molar-refractivity contribution in [1.82, 2.24) is 9.97 Å². The molecule has 0 aliphatic rings. The van der Waals surface area contributed by atoms with Crippen molar-refractivity contribution in [3.8, 4) is 0 Å². The number of aromatic nitrogens is 2. The fourth-order valence-corrected chi connectivity index (χ4v) is 0.726. The van der Waals surface area contributed by atoms with E-state index in [4.69, 9.17) is 28.2 Å². The molecule has 0 unspecified atom stereocenters. The van der Waals surface area contributed by atoms with E-state index < -0.39 is 11.7 Å². The summed E-state index contributed by atoms with van der Waals surface area (Å²) in [6.45, 7) is 0. The van der Waals surface area contributed by atoms with Gasteiger partial charge < -0.3 is 16.6 Å². The van der Waals surface area contributed by atoms with Crippen molar-refractivity contribution in [1.29, 1.82) is 0 Å². The van der Waals surface area contributed by atoms with E-state index in [2.05, 4.69) is 9.97 Å². The monoisotopic (exact) mass is 195 g/mol. The summed E-state index contributed by atoms with van der Waals surface area (Å²) in [6, 6.07) is 0. The summed E-state index contributed by atoms with van der Waals surface area (Å²) in [4.78, 5) is 17.3. The van der Waals surface area contributed by atoms with Crippen molar-refractivity contribution in [3.63, 3.8) is 0 Å². The van der Waals surface area contributed by atoms with Crippen LogP contribution in [0.5, 0.6) is 0 Å². The summed E-state index contributed by atoms with van der Waals surface area (Å²) in [5, 5.41) is 8.33. The molecule has 13 heavy (non-hydrogen) atoms. The smallest absolute Gasteiger partial charge is 0.358 e. The summed E-state index contributed by atoms with van der Waals surface area (Å²) in [5.41, 5.74) is 10.0. The summed E-state index contributed by atoms with van der Waals surface area (Å²) < 4.78 is 0. The number of aromatic carboxylic acids is 1. The fourth-order valence-electron chi connectivity index (χ4n) is 0.599. The molecule has 1 aromatic rings. The second-order valence-corrected chi connectivity index (χ2v) is 2.30. The Kier molecular flexibility index (Phi) is 4.00. The number of carboxylic acid groups (broad SMARTS) is 1. The molecule has 65 valence electrons. The quantitative estimate of drug-likeness (QED) is 0.526. The van der Waals surface area contributed by atoms with Crippen LogP contribution >= 0.6 is 11.6 Å². The van der Waals surface area contributed by atoms with E-state index in [0.29, 0.717) is 0 Å². The standard InChI is InChI=1S/C5H5ClN4O2.Li/c6-2-4(8)10-3(7)1(9-2)5(11)12;/h(H,11,12)(H4,7,8,10);. The van der Waals surface area contributed by atoms with Gasteiger partial charge in [-0.25, -0.2) is 14.8 Å². The van der Waals surface area contributed by atoms with Crippen LogP contribution in [0.25, 0.3) is 0 Å². The molecule has 6 nitrogen and oxygen atoms in total. The average Bonchev–Trinajstić information content (AvgIpc) is 1.96. The molecule has 1 rings (SSSR count). The zero-order chi connectivity index (χ0) is 9.30. The van der Waals surface area contributed by atoms with E-state index in [1.54, 1.807) is 0 Å². The van der Waals surface area contributed by atoms with E-state index in [9.17, 15) is 4.79 Å². The number of anilines is 2. The van der Waals surface area contributed by atoms with E-state index in [1.165, 1.54) is 0 Å². The zero-order valence-corrected chi connectivity index (χ0v) is 7.54. The van der Waals surface area contributed by atoms with Gasteiger partial charge in [0.2, 0.25) is 0 Å². The Morgan fingerprint density at radius 1 is 1.31 bits per heavy atom. The first-order chi connectivity index (χ1) is 5.52. The van der Waals surface area contributed by atoms with Gasteiger partial charge in [-0.15, -0.1) is 0 Å². The van der Waals surface area contributed by atoms with Crippen molar-refractivity contribution in [2.45, 2.75) is 0 Å². The van der Waals surface area contributed by atoms with Gasteiger partial charge >= 0.3 is 5.97 Å². The fraction of sp³-hybridized carbons (Fsp3) is 0. The van der Waals surface area contributed by atoms with E-state index in [0.717, 1.165) is 0 Å². The van der Waals surface area contributed by atoms with Gasteiger partial charge in [-0.2, -0.15) is 0 Å². The van der Waals surface area contributed by atoms with Crippen molar-refractivity contribution >= 4 is 48.1 Å². The molecule has 8 heteroatoms. The number of nitrogen functional groups attached to an aromatic ring is 2. The number of nitrogens with two attached hydrogens (primary N) is 2. The number of hydrogen-bond acceptors (Lipinski definition) is 5. The van der Waals surface area contributed by atoms with Gasteiger partial charge in [-0.1, -0.05) is 11.6 Å². The van der Waals surface area contributed by atoms with E-state index in [1.807, 2.05) is 0 Å². The normalized spacial score (nSPS) is 9.00. The SMILES string of the molecule is Nc1nc(N)c(C(=O)O)nc1Cl.[Li]. The van der Waals surface area contributed by atoms with Crippen LogP contribution < -0.4 is 11.5 Å². The summed E-state index contributed by atoms with van der Waals surface area (Å²) >= 11 is 5.41. The maximum Gasteiger partial charge on any atom is 0.358 e. The third-order valence-electron chi connectivity index (χ3n) is 1.11. The Labute approximate surface area is 90.5 Å². The number of carboxylic acids is 1. The molecule has 1 radical (unpaired) electrons. The Morgan fingerprint density at radius 2 is 1.85 bits per heavy atom. The van der Waals surface area contributed by atoms with Crippen LogP contribution in [0.15, 0.2) is 0 Å². The van der Waals surface area contributed by atoms with Crippen LogP contribution in [0.4, 0.5) is 11.6 Å². The van der Waals surface area contributed by atoms with Crippen molar-refractivity contribution in [2.24, 2.45) is 0 Å². The van der Waals surface area contributed by atoms with Gasteiger partial charge in [0.15, 0.2) is 22.5 Å². The average molecular weight is 196 g/mol. The molecule has 0 atom stereocenters. The van der Waals surface area contributed by atoms with E-state index >= 15 is 0 Å². The molecule has 0 spiro atoms. The molecule has 0 amide bonds. The van der Waals surface area contributed by atoms with Crippen molar-refractivity contribution in [2.75, 3.05) is 11.5 Å². The minimum atomic E-state index is -1.29. The zero-order valence-electron chi connectivity index (χ0n) is 6.78. The first-order valence-electron chi connectivity index (χ1n) is 2.84. The van der Waals surface area contributed by atoms with Crippen LogP contribution in [0.3, 0.4) is 0 Å². The minimum absolute atomic E-state index is 0. The number of halogens is 1. The van der Waals surface area contributed by atoms with Gasteiger partial charge in [-0.05, 0) is 0 Å². The molecule has 0 aliphatic carbocycles. The molecule has 0 saturated heterocycles. The second-order valence-electron chi connectivity index (χ2n) is 1.94. The molecule has 5 N–H and O–H groups in total. The largest absolute Gasteiger partial charge is 0.476 e. The molecule has 0 fully saturated rings. The number of hydrogen-bond donors (Lipinski definition) is 3. The minimum Gasteiger partial charge on any atom is -0.476 e. The van der Waals surface area contributed by atoms with Crippen LogP contribution in [0.2, 0.25) is 5.15 Å². The maximum atomic E-state index is 10.4. The predicted octanol–water partition coefficient (Wildman–Crippen LogP) is -0.388. The van der Waals surface area contributed by atoms with Gasteiger partial charge in [0.25, 0.3) is 0 Å². The molecule has 0 saturated carbocycles. The van der Waals surface area contributed by atoms with Gasteiger partial charge in [-0.3, -0.25) is 0 Å². The Balaban J connectivity index is 0.00000144. The van der Waals surface area contributed by atoms with Gasteiger partial charge in [0.05, 0.1) is 0 Å². The van der Waals surface area contributed by atoms with Gasteiger partial charge in [0, 0.05) is 18.9 Å². The van der Waals surface area contributed by atoms with Crippen molar-refractivity contribution in [3.05, 3.63) is 10.8 Å². The third-order valence-corrected chi connectivity index (χ3v) is 1.39. The Bertz CT molecular complexity index is 346.